The van der Waals surface area contributed by atoms with Crippen molar-refractivity contribution in [1.82, 2.24) is 4.90 Å². The molecule has 2 aliphatic rings. The number of aryl methyl sites for hydroxylation is 2. The number of rotatable bonds is 7. The molecule has 0 radical (unpaired) electrons. The highest BCUT2D eigenvalue weighted by Gasteiger charge is 2.38. The van der Waals surface area contributed by atoms with E-state index in [4.69, 9.17) is 14.2 Å². The smallest absolute Gasteiger partial charge is 0.266 e. The average molecular weight is 466 g/mol. The van der Waals surface area contributed by atoms with E-state index in [1.807, 2.05) is 37.8 Å². The summed E-state index contributed by atoms with van der Waals surface area (Å²) < 4.78 is 18.1. The molecule has 182 valence electrons. The van der Waals surface area contributed by atoms with Crippen LogP contribution in [0, 0.1) is 13.8 Å². The third-order valence-electron chi connectivity index (χ3n) is 6.80. The summed E-state index contributed by atoms with van der Waals surface area (Å²) in [5.74, 6) is 1.50. The normalized spacial score (nSPS) is 17.9. The number of ether oxygens (including phenoxy) is 3. The molecule has 2 aromatic carbocycles. The molecule has 0 aromatic heterocycles. The van der Waals surface area contributed by atoms with Gasteiger partial charge in [0.2, 0.25) is 0 Å². The zero-order chi connectivity index (χ0) is 24.5. The van der Waals surface area contributed by atoms with Crippen LogP contribution in [0.1, 0.15) is 59.8 Å². The minimum atomic E-state index is -0.978. The van der Waals surface area contributed by atoms with Crippen LogP contribution in [0.25, 0.3) is 0 Å². The quantitative estimate of drug-likeness (QED) is 0.565. The standard InChI is InChI=1S/C28H35NO5/c1-18-9-12-26(25-8-6-7-24(18)25)34-28(4,5)27(31)29-13-14-32-22(16-29)17-33-21-10-11-23(20(3)30)19(2)15-21/h9-12,15,22H,6-8,13-14,16-17H2,1-5H3. The minimum absolute atomic E-state index is 0.0363. The Hall–Kier alpha value is -2.86. The van der Waals surface area contributed by atoms with Crippen molar-refractivity contribution < 1.29 is 23.8 Å². The monoisotopic (exact) mass is 465 g/mol. The molecule has 0 bridgehead atoms. The highest BCUT2D eigenvalue weighted by atomic mass is 16.5. The van der Waals surface area contributed by atoms with Crippen molar-refractivity contribution in [2.45, 2.75) is 65.6 Å². The van der Waals surface area contributed by atoms with E-state index in [-0.39, 0.29) is 17.8 Å². The zero-order valence-electron chi connectivity index (χ0n) is 20.9. The van der Waals surface area contributed by atoms with Gasteiger partial charge in [0.1, 0.15) is 24.2 Å². The molecule has 1 saturated heterocycles. The Labute approximate surface area is 202 Å². The van der Waals surface area contributed by atoms with Crippen molar-refractivity contribution in [3.8, 4) is 11.5 Å². The van der Waals surface area contributed by atoms with Gasteiger partial charge in [-0.1, -0.05) is 6.07 Å². The van der Waals surface area contributed by atoms with Crippen LogP contribution in [0.4, 0.5) is 0 Å². The van der Waals surface area contributed by atoms with Crippen LogP contribution in [0.2, 0.25) is 0 Å². The molecule has 1 fully saturated rings. The lowest BCUT2D eigenvalue weighted by molar-refractivity contribution is -0.153. The minimum Gasteiger partial charge on any atom is -0.491 e. The lowest BCUT2D eigenvalue weighted by Gasteiger charge is -2.37. The number of carbonyl (C=O) groups is 2. The van der Waals surface area contributed by atoms with E-state index in [9.17, 15) is 9.59 Å². The van der Waals surface area contributed by atoms with Crippen LogP contribution in [0.5, 0.6) is 11.5 Å². The number of ketones is 1. The Morgan fingerprint density at radius 3 is 2.59 bits per heavy atom. The van der Waals surface area contributed by atoms with E-state index < -0.39 is 5.60 Å². The maximum absolute atomic E-state index is 13.4. The van der Waals surface area contributed by atoms with Crippen LogP contribution in [0.3, 0.4) is 0 Å². The third kappa shape index (κ3) is 5.12. The summed E-state index contributed by atoms with van der Waals surface area (Å²) in [5, 5.41) is 0. The van der Waals surface area contributed by atoms with Gasteiger partial charge in [-0.2, -0.15) is 0 Å². The first-order chi connectivity index (χ1) is 16.2. The molecule has 2 aromatic rings. The van der Waals surface area contributed by atoms with E-state index in [1.165, 1.54) is 16.7 Å². The molecule has 34 heavy (non-hydrogen) atoms. The predicted octanol–water partition coefficient (Wildman–Crippen LogP) is 4.46. The van der Waals surface area contributed by atoms with Gasteiger partial charge in [0.15, 0.2) is 11.4 Å². The van der Waals surface area contributed by atoms with Crippen LogP contribution < -0.4 is 9.47 Å². The lowest BCUT2D eigenvalue weighted by Crippen LogP contribution is -2.55. The molecule has 1 aliphatic heterocycles. The fraction of sp³-hybridized carbons (Fsp3) is 0.500. The third-order valence-corrected chi connectivity index (χ3v) is 6.80. The topological polar surface area (TPSA) is 65.1 Å². The number of morpholine rings is 1. The summed E-state index contributed by atoms with van der Waals surface area (Å²) in [5.41, 5.74) is 4.52. The van der Waals surface area contributed by atoms with Gasteiger partial charge in [-0.3, -0.25) is 9.59 Å². The van der Waals surface area contributed by atoms with Crippen LogP contribution in [0.15, 0.2) is 30.3 Å². The van der Waals surface area contributed by atoms with E-state index in [0.717, 1.165) is 30.6 Å². The largest absolute Gasteiger partial charge is 0.491 e. The van der Waals surface area contributed by atoms with E-state index in [1.54, 1.807) is 19.1 Å². The summed E-state index contributed by atoms with van der Waals surface area (Å²) in [6, 6.07) is 9.54. The first kappa shape index (κ1) is 24.3. The van der Waals surface area contributed by atoms with Crippen molar-refractivity contribution in [3.05, 3.63) is 58.1 Å². The molecule has 0 spiro atoms. The molecule has 6 heteroatoms. The molecule has 1 unspecified atom stereocenters. The maximum Gasteiger partial charge on any atom is 0.266 e. The van der Waals surface area contributed by atoms with Crippen molar-refractivity contribution in [2.24, 2.45) is 0 Å². The summed E-state index contributed by atoms with van der Waals surface area (Å²) in [7, 11) is 0. The molecule has 6 nitrogen and oxygen atoms in total. The SMILES string of the molecule is CC(=O)c1ccc(OCC2CN(C(=O)C(C)(C)Oc3ccc(C)c4c3CCC4)CCO2)cc1C. The Balaban J connectivity index is 1.38. The maximum atomic E-state index is 13.4. The number of hydrogen-bond acceptors (Lipinski definition) is 5. The van der Waals surface area contributed by atoms with Gasteiger partial charge >= 0.3 is 0 Å². The Morgan fingerprint density at radius 1 is 1.09 bits per heavy atom. The van der Waals surface area contributed by atoms with Crippen LogP contribution in [-0.4, -0.2) is 54.6 Å². The number of hydrogen-bond donors (Lipinski definition) is 0. The van der Waals surface area contributed by atoms with Crippen molar-refractivity contribution >= 4 is 11.7 Å². The summed E-state index contributed by atoms with van der Waals surface area (Å²) in [6.45, 7) is 11.0. The van der Waals surface area contributed by atoms with Gasteiger partial charge in [-0.15, -0.1) is 0 Å². The molecule has 0 saturated carbocycles. The van der Waals surface area contributed by atoms with Crippen molar-refractivity contribution in [1.29, 1.82) is 0 Å². The molecule has 4 rings (SSSR count). The first-order valence-electron chi connectivity index (χ1n) is 12.1. The molecule has 1 heterocycles. The number of fused-ring (bicyclic) bond motifs is 1. The molecule has 1 amide bonds. The number of benzene rings is 2. The summed E-state index contributed by atoms with van der Waals surface area (Å²) in [4.78, 5) is 26.9. The van der Waals surface area contributed by atoms with Gasteiger partial charge in [-0.05, 0) is 100 Å². The zero-order valence-corrected chi connectivity index (χ0v) is 20.9. The molecular formula is C28H35NO5. The van der Waals surface area contributed by atoms with Gasteiger partial charge in [0.25, 0.3) is 5.91 Å². The first-order valence-corrected chi connectivity index (χ1v) is 12.1. The van der Waals surface area contributed by atoms with Crippen LogP contribution >= 0.6 is 0 Å². The number of nitrogens with zero attached hydrogens (tertiary/aromatic N) is 1. The number of carbonyl (C=O) groups excluding carboxylic acids is 2. The van der Waals surface area contributed by atoms with Gasteiger partial charge in [0, 0.05) is 12.1 Å². The lowest BCUT2D eigenvalue weighted by atomic mass is 10.0. The van der Waals surface area contributed by atoms with Crippen molar-refractivity contribution in [2.75, 3.05) is 26.3 Å². The second-order valence-corrected chi connectivity index (χ2v) is 9.89. The average Bonchev–Trinajstić information content (AvgIpc) is 3.30. The highest BCUT2D eigenvalue weighted by molar-refractivity contribution is 5.95. The Bertz CT molecular complexity index is 1090. The molecule has 1 atom stereocenters. The number of amides is 1. The molecule has 0 N–H and O–H groups in total. The second kappa shape index (κ2) is 9.79. The van der Waals surface area contributed by atoms with E-state index >= 15 is 0 Å². The second-order valence-electron chi connectivity index (χ2n) is 9.89. The van der Waals surface area contributed by atoms with Gasteiger partial charge < -0.3 is 19.1 Å². The molecular weight excluding hydrogens is 430 g/mol. The van der Waals surface area contributed by atoms with Crippen molar-refractivity contribution in [3.63, 3.8) is 0 Å². The predicted molar refractivity (Wildman–Crippen MR) is 131 cm³/mol. The fourth-order valence-corrected chi connectivity index (χ4v) is 4.96. The Morgan fingerprint density at radius 2 is 1.85 bits per heavy atom. The fourth-order valence-electron chi connectivity index (χ4n) is 4.96. The molecule has 1 aliphatic carbocycles. The summed E-state index contributed by atoms with van der Waals surface area (Å²) >= 11 is 0. The van der Waals surface area contributed by atoms with Gasteiger partial charge in [0.05, 0.1) is 13.2 Å². The van der Waals surface area contributed by atoms with E-state index in [2.05, 4.69) is 13.0 Å². The van der Waals surface area contributed by atoms with Crippen LogP contribution in [-0.2, 0) is 22.4 Å². The Kier molecular flexibility index (Phi) is 6.99. The van der Waals surface area contributed by atoms with E-state index in [0.29, 0.717) is 37.6 Å². The highest BCUT2D eigenvalue weighted by Crippen LogP contribution is 2.35. The van der Waals surface area contributed by atoms with Gasteiger partial charge in [-0.25, -0.2) is 0 Å². The number of Topliss-reactive ketones (excluding diaryl/α,β-unsaturated/α-hetero) is 1. The summed E-state index contributed by atoms with van der Waals surface area (Å²) in [6.07, 6.45) is 2.98.